The van der Waals surface area contributed by atoms with E-state index in [0.29, 0.717) is 11.4 Å². The first-order chi connectivity index (χ1) is 15.1. The molecule has 5 rings (SSSR count). The second kappa shape index (κ2) is 8.02. The van der Waals surface area contributed by atoms with Crippen LogP contribution >= 0.6 is 0 Å². The fourth-order valence-electron chi connectivity index (χ4n) is 4.14. The highest BCUT2D eigenvalue weighted by molar-refractivity contribution is 5.83. The first kappa shape index (κ1) is 19.5. The van der Waals surface area contributed by atoms with Crippen LogP contribution in [0.15, 0.2) is 53.5 Å². The molecule has 1 saturated heterocycles. The van der Waals surface area contributed by atoms with E-state index in [1.165, 1.54) is 0 Å². The Morgan fingerprint density at radius 2 is 1.90 bits per heavy atom. The predicted octanol–water partition coefficient (Wildman–Crippen LogP) is 2.80. The zero-order chi connectivity index (χ0) is 21.4. The van der Waals surface area contributed by atoms with Crippen LogP contribution in [-0.2, 0) is 6.61 Å². The number of imidazole rings is 1. The van der Waals surface area contributed by atoms with Crippen molar-refractivity contribution in [2.24, 2.45) is 0 Å². The molecule has 158 valence electrons. The quantitative estimate of drug-likeness (QED) is 0.411. The van der Waals surface area contributed by atoms with Gasteiger partial charge in [-0.25, -0.2) is 4.98 Å². The van der Waals surface area contributed by atoms with Gasteiger partial charge in [0.1, 0.15) is 5.82 Å². The van der Waals surface area contributed by atoms with E-state index in [4.69, 9.17) is 0 Å². The zero-order valence-corrected chi connectivity index (χ0v) is 17.4. The lowest BCUT2D eigenvalue weighted by Gasteiger charge is -2.29. The van der Waals surface area contributed by atoms with E-state index >= 15 is 0 Å². The van der Waals surface area contributed by atoms with Crippen molar-refractivity contribution in [2.45, 2.75) is 13.5 Å². The topological polar surface area (TPSA) is 97.0 Å². The number of fused-ring (bicyclic) bond motifs is 1. The zero-order valence-electron chi connectivity index (χ0n) is 17.4. The molecule has 0 bridgehead atoms. The molecule has 7 heteroatoms. The van der Waals surface area contributed by atoms with Crippen LogP contribution in [0.2, 0.25) is 0 Å². The van der Waals surface area contributed by atoms with Crippen LogP contribution in [-0.4, -0.2) is 46.2 Å². The molecule has 0 radical (unpaired) electrons. The number of aryl methyl sites for hydroxylation is 1. The summed E-state index contributed by atoms with van der Waals surface area (Å²) in [6, 6.07) is 13.9. The average Bonchev–Trinajstić information content (AvgIpc) is 3.23. The number of aliphatic hydroxyl groups excluding tert-OH is 1. The van der Waals surface area contributed by atoms with Gasteiger partial charge in [0.15, 0.2) is 0 Å². The van der Waals surface area contributed by atoms with Gasteiger partial charge >= 0.3 is 0 Å². The summed E-state index contributed by atoms with van der Waals surface area (Å²) in [5.74, 6) is 0.548. The highest BCUT2D eigenvalue weighted by Crippen LogP contribution is 2.28. The molecule has 7 nitrogen and oxygen atoms in total. The largest absolute Gasteiger partial charge is 0.392 e. The van der Waals surface area contributed by atoms with Gasteiger partial charge in [0.2, 0.25) is 0 Å². The van der Waals surface area contributed by atoms with Crippen molar-refractivity contribution < 1.29 is 5.11 Å². The molecule has 2 aromatic carbocycles. The number of nitrogens with one attached hydrogen (secondary N) is 3. The van der Waals surface area contributed by atoms with Crippen molar-refractivity contribution >= 4 is 16.7 Å². The maximum atomic E-state index is 12.6. The van der Waals surface area contributed by atoms with Crippen molar-refractivity contribution in [3.05, 3.63) is 70.1 Å². The van der Waals surface area contributed by atoms with Crippen LogP contribution in [0.4, 0.5) is 5.69 Å². The van der Waals surface area contributed by atoms with Gasteiger partial charge in [-0.05, 0) is 59.5 Å². The number of aliphatic hydroxyl groups is 1. The maximum absolute atomic E-state index is 12.6. The number of hydrogen-bond acceptors (Lipinski definition) is 5. The molecule has 0 amide bonds. The molecular weight excluding hydrogens is 390 g/mol. The molecule has 1 fully saturated rings. The van der Waals surface area contributed by atoms with Crippen LogP contribution in [0.1, 0.15) is 11.1 Å². The number of aromatic nitrogens is 3. The minimum atomic E-state index is -0.193. The second-order valence-corrected chi connectivity index (χ2v) is 7.96. The lowest BCUT2D eigenvalue weighted by Crippen LogP contribution is -2.43. The van der Waals surface area contributed by atoms with Crippen LogP contribution < -0.4 is 15.8 Å². The maximum Gasteiger partial charge on any atom is 0.259 e. The summed E-state index contributed by atoms with van der Waals surface area (Å²) in [5.41, 5.74) is 6.95. The van der Waals surface area contributed by atoms with Gasteiger partial charge in [0.05, 0.1) is 23.2 Å². The van der Waals surface area contributed by atoms with Crippen molar-refractivity contribution in [3.8, 4) is 22.5 Å². The SMILES string of the molecule is Cc1ccc(CO)cc1-c1c[nH]c(=O)c(-c2nc3ccc(N4CCNCC4)cc3[nH]2)c1. The number of aromatic amines is 2. The van der Waals surface area contributed by atoms with Crippen LogP contribution in [0.5, 0.6) is 0 Å². The van der Waals surface area contributed by atoms with Crippen LogP contribution in [0, 0.1) is 6.92 Å². The number of piperazine rings is 1. The van der Waals surface area contributed by atoms with Gasteiger partial charge in [0.25, 0.3) is 5.56 Å². The van der Waals surface area contributed by atoms with Gasteiger partial charge in [-0.1, -0.05) is 12.1 Å². The molecule has 31 heavy (non-hydrogen) atoms. The summed E-state index contributed by atoms with van der Waals surface area (Å²) in [7, 11) is 0. The van der Waals surface area contributed by atoms with Crippen molar-refractivity contribution in [2.75, 3.05) is 31.1 Å². The minimum absolute atomic E-state index is 0.0253. The standard InChI is InChI=1S/C24H25N5O2/c1-15-2-3-16(14-30)10-19(15)17-11-20(24(31)26-13-17)23-27-21-5-4-18(12-22(21)28-23)29-8-6-25-7-9-29/h2-5,10-13,25,30H,6-9,14H2,1H3,(H,26,31)(H,27,28). The summed E-state index contributed by atoms with van der Waals surface area (Å²) < 4.78 is 0. The Kier molecular flexibility index (Phi) is 5.05. The van der Waals surface area contributed by atoms with E-state index in [-0.39, 0.29) is 12.2 Å². The molecule has 4 N–H and O–H groups in total. The summed E-state index contributed by atoms with van der Waals surface area (Å²) >= 11 is 0. The van der Waals surface area contributed by atoms with E-state index in [1.54, 1.807) is 6.20 Å². The predicted molar refractivity (Wildman–Crippen MR) is 123 cm³/mol. The first-order valence-corrected chi connectivity index (χ1v) is 10.5. The van der Waals surface area contributed by atoms with E-state index in [9.17, 15) is 9.90 Å². The molecule has 2 aromatic heterocycles. The lowest BCUT2D eigenvalue weighted by molar-refractivity contribution is 0.282. The average molecular weight is 415 g/mol. The summed E-state index contributed by atoms with van der Waals surface area (Å²) in [6.07, 6.45) is 1.71. The Balaban J connectivity index is 1.55. The smallest absolute Gasteiger partial charge is 0.259 e. The molecule has 0 atom stereocenters. The number of nitrogens with zero attached hydrogens (tertiary/aromatic N) is 2. The Hall–Kier alpha value is -3.42. The third-order valence-corrected chi connectivity index (χ3v) is 5.90. The number of rotatable bonds is 4. The molecule has 1 aliphatic heterocycles. The number of H-pyrrole nitrogens is 2. The highest BCUT2D eigenvalue weighted by atomic mass is 16.3. The lowest BCUT2D eigenvalue weighted by atomic mass is 9.98. The molecule has 0 unspecified atom stereocenters. The van der Waals surface area contributed by atoms with Crippen molar-refractivity contribution in [1.82, 2.24) is 20.3 Å². The summed E-state index contributed by atoms with van der Waals surface area (Å²) in [5, 5.41) is 12.9. The van der Waals surface area contributed by atoms with E-state index in [1.807, 2.05) is 37.3 Å². The molecule has 4 aromatic rings. The fraction of sp³-hybridized carbons (Fsp3) is 0.250. The number of benzene rings is 2. The third kappa shape index (κ3) is 3.73. The molecule has 0 aliphatic carbocycles. The van der Waals surface area contributed by atoms with Gasteiger partial charge < -0.3 is 25.3 Å². The van der Waals surface area contributed by atoms with Gasteiger partial charge in [-0.2, -0.15) is 0 Å². The van der Waals surface area contributed by atoms with Gasteiger partial charge in [0, 0.05) is 38.1 Å². The molecule has 0 saturated carbocycles. The van der Waals surface area contributed by atoms with Gasteiger partial charge in [-0.3, -0.25) is 4.79 Å². The van der Waals surface area contributed by atoms with Crippen LogP contribution in [0.25, 0.3) is 33.5 Å². The van der Waals surface area contributed by atoms with Crippen molar-refractivity contribution in [3.63, 3.8) is 0 Å². The van der Waals surface area contributed by atoms with E-state index in [0.717, 1.165) is 65.2 Å². The molecule has 3 heterocycles. The first-order valence-electron chi connectivity index (χ1n) is 10.5. The molecule has 1 aliphatic rings. The Bertz CT molecular complexity index is 1300. The summed E-state index contributed by atoms with van der Waals surface area (Å²) in [6.45, 7) is 5.89. The fourth-order valence-corrected chi connectivity index (χ4v) is 4.14. The monoisotopic (exact) mass is 415 g/mol. The number of hydrogen-bond donors (Lipinski definition) is 4. The Morgan fingerprint density at radius 3 is 2.71 bits per heavy atom. The molecular formula is C24H25N5O2. The van der Waals surface area contributed by atoms with Crippen LogP contribution in [0.3, 0.4) is 0 Å². The van der Waals surface area contributed by atoms with Gasteiger partial charge in [-0.15, -0.1) is 0 Å². The number of anilines is 1. The van der Waals surface area contributed by atoms with Crippen molar-refractivity contribution in [1.29, 1.82) is 0 Å². The third-order valence-electron chi connectivity index (χ3n) is 5.90. The highest BCUT2D eigenvalue weighted by Gasteiger charge is 2.15. The minimum Gasteiger partial charge on any atom is -0.392 e. The van der Waals surface area contributed by atoms with E-state index in [2.05, 4.69) is 37.3 Å². The van der Waals surface area contributed by atoms with E-state index < -0.39 is 0 Å². The summed E-state index contributed by atoms with van der Waals surface area (Å²) in [4.78, 5) is 25.8. The molecule has 0 spiro atoms. The normalized spacial score (nSPS) is 14.3. The Morgan fingerprint density at radius 1 is 1.06 bits per heavy atom. The second-order valence-electron chi connectivity index (χ2n) is 7.96. The number of pyridine rings is 1. The Labute approximate surface area is 179 Å².